The quantitative estimate of drug-likeness (QED) is 0.889. The van der Waals surface area contributed by atoms with Gasteiger partial charge in [0.25, 0.3) is 5.91 Å². The first-order valence-corrected chi connectivity index (χ1v) is 7.31. The van der Waals surface area contributed by atoms with Gasteiger partial charge in [0, 0.05) is 26.2 Å². The van der Waals surface area contributed by atoms with Crippen molar-refractivity contribution >= 4 is 27.7 Å². The fourth-order valence-corrected chi connectivity index (χ4v) is 2.54. The van der Waals surface area contributed by atoms with Crippen molar-refractivity contribution in [3.63, 3.8) is 0 Å². The molecule has 0 aliphatic carbocycles. The Morgan fingerprint density at radius 3 is 2.90 bits per heavy atom. The molecule has 0 saturated carbocycles. The molecule has 0 aromatic carbocycles. The summed E-state index contributed by atoms with van der Waals surface area (Å²) in [5.41, 5.74) is 5.85. The molecule has 1 atom stereocenters. The molecule has 1 aliphatic heterocycles. The summed E-state index contributed by atoms with van der Waals surface area (Å²) in [6.07, 6.45) is 1.86. The second kappa shape index (κ2) is 6.41. The first kappa shape index (κ1) is 15.1. The number of nitrogens with zero attached hydrogens (tertiary/aromatic N) is 2. The van der Waals surface area contributed by atoms with E-state index in [1.165, 1.54) is 4.90 Å². The SMILES string of the molecule is CN(CC(=O)N1CCCC(N)C1)C(=O)c1ccc(Br)o1. The number of likely N-dealkylation sites (tertiary alicyclic amines) is 1. The molecule has 110 valence electrons. The molecule has 1 aliphatic rings. The Labute approximate surface area is 126 Å². The van der Waals surface area contributed by atoms with Crippen molar-refractivity contribution in [3.8, 4) is 0 Å². The Morgan fingerprint density at radius 1 is 1.55 bits per heavy atom. The van der Waals surface area contributed by atoms with Crippen LogP contribution < -0.4 is 5.73 Å². The van der Waals surface area contributed by atoms with Gasteiger partial charge in [0.05, 0.1) is 6.54 Å². The molecule has 2 amide bonds. The van der Waals surface area contributed by atoms with Crippen LogP contribution in [0.25, 0.3) is 0 Å². The highest BCUT2D eigenvalue weighted by Gasteiger charge is 2.24. The molecule has 2 rings (SSSR count). The lowest BCUT2D eigenvalue weighted by Crippen LogP contribution is -2.49. The van der Waals surface area contributed by atoms with Crippen LogP contribution in [-0.4, -0.2) is 54.3 Å². The number of likely N-dealkylation sites (N-methyl/N-ethyl adjacent to an activating group) is 1. The smallest absolute Gasteiger partial charge is 0.289 e. The standard InChI is InChI=1S/C13H18BrN3O3/c1-16(13(19)10-4-5-11(14)20-10)8-12(18)17-6-2-3-9(15)7-17/h4-5,9H,2-3,6-8,15H2,1H3. The monoisotopic (exact) mass is 343 g/mol. The number of carbonyl (C=O) groups is 2. The molecule has 1 fully saturated rings. The summed E-state index contributed by atoms with van der Waals surface area (Å²) < 4.78 is 5.68. The average molecular weight is 344 g/mol. The van der Waals surface area contributed by atoms with Gasteiger partial charge in [-0.1, -0.05) is 0 Å². The van der Waals surface area contributed by atoms with Gasteiger partial charge in [-0.25, -0.2) is 0 Å². The van der Waals surface area contributed by atoms with Crippen molar-refractivity contribution in [2.24, 2.45) is 5.73 Å². The number of halogens is 1. The molecule has 7 heteroatoms. The zero-order valence-electron chi connectivity index (χ0n) is 11.3. The first-order valence-electron chi connectivity index (χ1n) is 6.51. The van der Waals surface area contributed by atoms with E-state index in [2.05, 4.69) is 15.9 Å². The highest BCUT2D eigenvalue weighted by Crippen LogP contribution is 2.15. The molecule has 2 heterocycles. The van der Waals surface area contributed by atoms with E-state index in [0.717, 1.165) is 12.8 Å². The third kappa shape index (κ3) is 3.61. The highest BCUT2D eigenvalue weighted by atomic mass is 79.9. The van der Waals surface area contributed by atoms with Crippen molar-refractivity contribution in [3.05, 3.63) is 22.6 Å². The molecule has 1 aromatic rings. The van der Waals surface area contributed by atoms with E-state index >= 15 is 0 Å². The minimum atomic E-state index is -0.314. The topological polar surface area (TPSA) is 79.8 Å². The minimum absolute atomic E-state index is 0.0316. The summed E-state index contributed by atoms with van der Waals surface area (Å²) in [5, 5.41) is 0. The molecule has 1 saturated heterocycles. The first-order chi connectivity index (χ1) is 9.47. The lowest BCUT2D eigenvalue weighted by atomic mass is 10.1. The van der Waals surface area contributed by atoms with E-state index in [1.54, 1.807) is 24.1 Å². The van der Waals surface area contributed by atoms with Crippen molar-refractivity contribution in [2.75, 3.05) is 26.7 Å². The average Bonchev–Trinajstić information content (AvgIpc) is 2.84. The Kier molecular flexibility index (Phi) is 4.82. The van der Waals surface area contributed by atoms with Crippen molar-refractivity contribution in [1.29, 1.82) is 0 Å². The van der Waals surface area contributed by atoms with Crippen LogP contribution in [0.1, 0.15) is 23.4 Å². The third-order valence-electron chi connectivity index (χ3n) is 3.31. The Bertz CT molecular complexity index is 503. The van der Waals surface area contributed by atoms with Crippen molar-refractivity contribution in [2.45, 2.75) is 18.9 Å². The summed E-state index contributed by atoms with van der Waals surface area (Å²) in [4.78, 5) is 27.3. The Morgan fingerprint density at radius 2 is 2.30 bits per heavy atom. The van der Waals surface area contributed by atoms with Crippen LogP contribution in [0.5, 0.6) is 0 Å². The largest absolute Gasteiger partial charge is 0.444 e. The predicted molar refractivity (Wildman–Crippen MR) is 77.2 cm³/mol. The maximum Gasteiger partial charge on any atom is 0.289 e. The summed E-state index contributed by atoms with van der Waals surface area (Å²) in [6.45, 7) is 1.30. The fraction of sp³-hybridized carbons (Fsp3) is 0.538. The number of hydrogen-bond donors (Lipinski definition) is 1. The normalized spacial score (nSPS) is 18.9. The van der Waals surface area contributed by atoms with Crippen LogP contribution in [0.15, 0.2) is 21.2 Å². The van der Waals surface area contributed by atoms with E-state index in [0.29, 0.717) is 17.8 Å². The molecular formula is C13H18BrN3O3. The van der Waals surface area contributed by atoms with E-state index in [4.69, 9.17) is 10.2 Å². The molecule has 1 unspecified atom stereocenters. The van der Waals surface area contributed by atoms with Gasteiger partial charge in [0.15, 0.2) is 10.4 Å². The lowest BCUT2D eigenvalue weighted by Gasteiger charge is -2.31. The van der Waals surface area contributed by atoms with E-state index in [1.807, 2.05) is 0 Å². The van der Waals surface area contributed by atoms with Crippen LogP contribution in [-0.2, 0) is 4.79 Å². The van der Waals surface area contributed by atoms with Gasteiger partial charge in [-0.05, 0) is 40.9 Å². The number of amides is 2. The fourth-order valence-electron chi connectivity index (χ4n) is 2.23. The highest BCUT2D eigenvalue weighted by molar-refractivity contribution is 9.10. The second-order valence-electron chi connectivity index (χ2n) is 5.01. The molecule has 2 N–H and O–H groups in total. The molecular weight excluding hydrogens is 326 g/mol. The summed E-state index contributed by atoms with van der Waals surface area (Å²) in [5.74, 6) is -0.186. The minimum Gasteiger partial charge on any atom is -0.444 e. The van der Waals surface area contributed by atoms with Gasteiger partial charge in [-0.2, -0.15) is 0 Å². The van der Waals surface area contributed by atoms with Crippen LogP contribution in [0, 0.1) is 0 Å². The van der Waals surface area contributed by atoms with Crippen LogP contribution in [0.3, 0.4) is 0 Å². The van der Waals surface area contributed by atoms with Gasteiger partial charge in [0.2, 0.25) is 5.91 Å². The van der Waals surface area contributed by atoms with Crippen molar-refractivity contribution < 1.29 is 14.0 Å². The zero-order valence-corrected chi connectivity index (χ0v) is 12.9. The molecule has 20 heavy (non-hydrogen) atoms. The van der Waals surface area contributed by atoms with Crippen molar-refractivity contribution in [1.82, 2.24) is 9.80 Å². The summed E-state index contributed by atoms with van der Waals surface area (Å²) >= 11 is 3.14. The number of rotatable bonds is 3. The predicted octanol–water partition coefficient (Wildman–Crippen LogP) is 1.06. The van der Waals surface area contributed by atoms with Crippen LogP contribution >= 0.6 is 15.9 Å². The Balaban J connectivity index is 1.91. The third-order valence-corrected chi connectivity index (χ3v) is 3.74. The molecule has 0 spiro atoms. The maximum atomic E-state index is 12.1. The summed E-state index contributed by atoms with van der Waals surface area (Å²) in [6, 6.07) is 3.26. The molecule has 1 aromatic heterocycles. The zero-order chi connectivity index (χ0) is 14.7. The Hall–Kier alpha value is -1.34. The van der Waals surface area contributed by atoms with Crippen LogP contribution in [0.4, 0.5) is 0 Å². The van der Waals surface area contributed by atoms with Gasteiger partial charge >= 0.3 is 0 Å². The van der Waals surface area contributed by atoms with Gasteiger partial charge < -0.3 is 20.0 Å². The lowest BCUT2D eigenvalue weighted by molar-refractivity contribution is -0.132. The number of furan rings is 1. The van der Waals surface area contributed by atoms with E-state index in [-0.39, 0.29) is 30.2 Å². The molecule has 6 nitrogen and oxygen atoms in total. The summed E-state index contributed by atoms with van der Waals surface area (Å²) in [7, 11) is 1.58. The molecule has 0 bridgehead atoms. The number of piperidine rings is 1. The van der Waals surface area contributed by atoms with E-state index in [9.17, 15) is 9.59 Å². The number of hydrogen-bond acceptors (Lipinski definition) is 4. The molecule has 0 radical (unpaired) electrons. The second-order valence-corrected chi connectivity index (χ2v) is 5.79. The van der Waals surface area contributed by atoms with E-state index < -0.39 is 0 Å². The van der Waals surface area contributed by atoms with Gasteiger partial charge in [-0.3, -0.25) is 9.59 Å². The maximum absolute atomic E-state index is 12.1. The van der Waals surface area contributed by atoms with Crippen LogP contribution in [0.2, 0.25) is 0 Å². The van der Waals surface area contributed by atoms with Gasteiger partial charge in [-0.15, -0.1) is 0 Å². The van der Waals surface area contributed by atoms with Gasteiger partial charge in [0.1, 0.15) is 0 Å². The number of carbonyl (C=O) groups excluding carboxylic acids is 2. The number of nitrogens with two attached hydrogens (primary N) is 1.